The van der Waals surface area contributed by atoms with Gasteiger partial charge in [-0.25, -0.2) is 0 Å². The van der Waals surface area contributed by atoms with Gasteiger partial charge in [-0.15, -0.1) is 0 Å². The molecule has 6 nitrogen and oxygen atoms in total. The van der Waals surface area contributed by atoms with Gasteiger partial charge in [-0.3, -0.25) is 9.59 Å². The maximum Gasteiger partial charge on any atom is 0.305 e. The Morgan fingerprint density at radius 3 is 2.58 bits per heavy atom. The highest BCUT2D eigenvalue weighted by atomic mass is 16.5. The molecule has 4 rings (SSSR count). The van der Waals surface area contributed by atoms with E-state index in [-0.39, 0.29) is 28.9 Å². The smallest absolute Gasteiger partial charge is 0.305 e. The van der Waals surface area contributed by atoms with Crippen LogP contribution in [-0.2, 0) is 19.1 Å². The molecular weight excluding hydrogens is 418 g/mol. The molecule has 4 fully saturated rings. The van der Waals surface area contributed by atoms with Crippen LogP contribution in [0, 0.1) is 46.3 Å². The largest absolute Gasteiger partial charge is 0.469 e. The molecule has 186 valence electrons. The van der Waals surface area contributed by atoms with Crippen LogP contribution in [0.2, 0.25) is 0 Å². The molecule has 4 saturated carbocycles. The number of hydrogen-bond acceptors (Lipinski definition) is 6. The number of esters is 2. The minimum atomic E-state index is -0.168. The molecule has 0 aromatic rings. The highest BCUT2D eigenvalue weighted by Gasteiger charge is 2.63. The lowest BCUT2D eigenvalue weighted by atomic mass is 9.44. The lowest BCUT2D eigenvalue weighted by molar-refractivity contribution is -0.156. The molecule has 0 aromatic carbocycles. The summed E-state index contributed by atoms with van der Waals surface area (Å²) in [7, 11) is 1.45. The highest BCUT2D eigenvalue weighted by Crippen LogP contribution is 2.67. The van der Waals surface area contributed by atoms with Gasteiger partial charge in [0.2, 0.25) is 0 Å². The van der Waals surface area contributed by atoms with Crippen LogP contribution >= 0.6 is 0 Å². The number of ether oxygens (including phenoxy) is 2. The fourth-order valence-electron chi connectivity index (χ4n) is 9.03. The van der Waals surface area contributed by atoms with Crippen LogP contribution in [0.25, 0.3) is 0 Å². The van der Waals surface area contributed by atoms with Crippen molar-refractivity contribution in [3.05, 3.63) is 0 Å². The SMILES string of the molecule is COC(=O)CC[C@@H](C)[C@H]1CC[C@H]2[C@@H]3CC[C@@H]4C[C@@H](OC(C)=O)CC[C@]4(C)[C@H]3C/C(=N\O)[C@]12C. The average Bonchev–Trinajstić information content (AvgIpc) is 3.14. The molecular formula is C27H43NO5. The van der Waals surface area contributed by atoms with Crippen molar-refractivity contribution in [2.24, 2.45) is 51.5 Å². The minimum absolute atomic E-state index is 0.0588. The molecule has 9 atom stereocenters. The van der Waals surface area contributed by atoms with Crippen LogP contribution in [0.4, 0.5) is 0 Å². The van der Waals surface area contributed by atoms with Gasteiger partial charge in [-0.2, -0.15) is 0 Å². The van der Waals surface area contributed by atoms with E-state index in [2.05, 4.69) is 25.9 Å². The first-order valence-electron chi connectivity index (χ1n) is 13.1. The van der Waals surface area contributed by atoms with Crippen LogP contribution in [0.3, 0.4) is 0 Å². The van der Waals surface area contributed by atoms with E-state index >= 15 is 0 Å². The van der Waals surface area contributed by atoms with E-state index in [1.165, 1.54) is 33.3 Å². The summed E-state index contributed by atoms with van der Waals surface area (Å²) in [4.78, 5) is 23.3. The summed E-state index contributed by atoms with van der Waals surface area (Å²) in [5.74, 6) is 2.81. The van der Waals surface area contributed by atoms with Crippen molar-refractivity contribution >= 4 is 17.7 Å². The zero-order chi connectivity index (χ0) is 24.0. The molecule has 0 aromatic heterocycles. The third-order valence-corrected chi connectivity index (χ3v) is 10.8. The number of rotatable bonds is 5. The Morgan fingerprint density at radius 1 is 1.15 bits per heavy atom. The molecule has 0 amide bonds. The quantitative estimate of drug-likeness (QED) is 0.327. The van der Waals surface area contributed by atoms with Crippen molar-refractivity contribution < 1.29 is 24.3 Å². The average molecular weight is 462 g/mol. The molecule has 0 saturated heterocycles. The van der Waals surface area contributed by atoms with Crippen LogP contribution in [-0.4, -0.2) is 36.1 Å². The first-order valence-corrected chi connectivity index (χ1v) is 13.1. The van der Waals surface area contributed by atoms with E-state index in [1.54, 1.807) is 0 Å². The van der Waals surface area contributed by atoms with Crippen molar-refractivity contribution in [3.63, 3.8) is 0 Å². The number of methoxy groups -OCH3 is 1. The van der Waals surface area contributed by atoms with Gasteiger partial charge in [-0.05, 0) is 98.7 Å². The third kappa shape index (κ3) is 4.10. The predicted molar refractivity (Wildman–Crippen MR) is 126 cm³/mol. The van der Waals surface area contributed by atoms with Crippen molar-refractivity contribution in [2.45, 2.75) is 98.0 Å². The first kappa shape index (κ1) is 24.5. The minimum Gasteiger partial charge on any atom is -0.469 e. The molecule has 1 N–H and O–H groups in total. The Kier molecular flexibility index (Phi) is 6.85. The fourth-order valence-corrected chi connectivity index (χ4v) is 9.03. The summed E-state index contributed by atoms with van der Waals surface area (Å²) in [6, 6.07) is 0. The molecule has 0 aliphatic heterocycles. The van der Waals surface area contributed by atoms with Gasteiger partial charge in [0.25, 0.3) is 0 Å². The third-order valence-electron chi connectivity index (χ3n) is 10.8. The number of oxime groups is 1. The number of nitrogens with zero attached hydrogens (tertiary/aromatic N) is 1. The van der Waals surface area contributed by atoms with Crippen molar-refractivity contribution in [1.29, 1.82) is 0 Å². The second-order valence-corrected chi connectivity index (χ2v) is 12.0. The van der Waals surface area contributed by atoms with E-state index in [9.17, 15) is 14.8 Å². The number of carbonyl (C=O) groups is 2. The number of fused-ring (bicyclic) bond motifs is 5. The van der Waals surface area contributed by atoms with E-state index in [0.717, 1.165) is 44.2 Å². The summed E-state index contributed by atoms with van der Waals surface area (Å²) in [6.45, 7) is 8.58. The molecule has 0 heterocycles. The second-order valence-electron chi connectivity index (χ2n) is 12.0. The van der Waals surface area contributed by atoms with Crippen LogP contribution in [0.15, 0.2) is 5.16 Å². The van der Waals surface area contributed by atoms with Gasteiger partial charge in [0, 0.05) is 18.8 Å². The molecule has 0 bridgehead atoms. The summed E-state index contributed by atoms with van der Waals surface area (Å²) < 4.78 is 10.5. The van der Waals surface area contributed by atoms with Gasteiger partial charge < -0.3 is 14.7 Å². The van der Waals surface area contributed by atoms with Crippen molar-refractivity contribution in [1.82, 2.24) is 0 Å². The second kappa shape index (κ2) is 9.22. The van der Waals surface area contributed by atoms with Gasteiger partial charge >= 0.3 is 11.9 Å². The van der Waals surface area contributed by atoms with Crippen molar-refractivity contribution in [3.8, 4) is 0 Å². The number of carbonyl (C=O) groups excluding carboxylic acids is 2. The summed E-state index contributed by atoms with van der Waals surface area (Å²) >= 11 is 0. The monoisotopic (exact) mass is 461 g/mol. The van der Waals surface area contributed by atoms with Crippen LogP contribution in [0.1, 0.15) is 91.9 Å². The maximum atomic E-state index is 11.7. The van der Waals surface area contributed by atoms with Gasteiger partial charge in [0.05, 0.1) is 12.8 Å². The maximum absolute atomic E-state index is 11.7. The zero-order valence-electron chi connectivity index (χ0n) is 21.1. The predicted octanol–water partition coefficient (Wildman–Crippen LogP) is 5.61. The Morgan fingerprint density at radius 2 is 1.91 bits per heavy atom. The first-order chi connectivity index (χ1) is 15.6. The standard InChI is InChI=1S/C27H43NO5/c1-16(6-11-25(30)32-5)21-9-10-22-20-8-7-18-14-19(33-17(2)29)12-13-26(18,3)23(20)15-24(28-31)27(21,22)4/h16,18-23,31H,6-15H2,1-5H3/b28-24+/t16-,18-,19+,20+,21-,22+,23+,26+,27-/m1/s1. The lowest BCUT2D eigenvalue weighted by Crippen LogP contribution is -2.57. The Labute approximate surface area is 198 Å². The fraction of sp³-hybridized carbons (Fsp3) is 0.889. The highest BCUT2D eigenvalue weighted by molar-refractivity contribution is 5.91. The molecule has 0 radical (unpaired) electrons. The summed E-state index contributed by atoms with van der Waals surface area (Å²) in [5.41, 5.74) is 1.11. The normalized spacial score (nSPS) is 44.3. The summed E-state index contributed by atoms with van der Waals surface area (Å²) in [5, 5.41) is 14.2. The molecule has 0 unspecified atom stereocenters. The van der Waals surface area contributed by atoms with E-state index < -0.39 is 0 Å². The van der Waals surface area contributed by atoms with Crippen LogP contribution < -0.4 is 0 Å². The molecule has 6 heteroatoms. The van der Waals surface area contributed by atoms with E-state index in [1.807, 2.05) is 0 Å². The lowest BCUT2D eigenvalue weighted by Gasteiger charge is -2.61. The molecule has 0 spiro atoms. The molecule has 4 aliphatic carbocycles. The van der Waals surface area contributed by atoms with Gasteiger partial charge in [0.15, 0.2) is 0 Å². The summed E-state index contributed by atoms with van der Waals surface area (Å²) in [6.07, 6.45) is 9.95. The Balaban J connectivity index is 1.55. The van der Waals surface area contributed by atoms with Crippen LogP contribution in [0.5, 0.6) is 0 Å². The molecule has 33 heavy (non-hydrogen) atoms. The zero-order valence-corrected chi connectivity index (χ0v) is 21.1. The van der Waals surface area contributed by atoms with E-state index in [0.29, 0.717) is 41.9 Å². The van der Waals surface area contributed by atoms with Gasteiger partial charge in [0.1, 0.15) is 6.10 Å². The topological polar surface area (TPSA) is 85.2 Å². The Bertz CT molecular complexity index is 795. The molecule has 4 aliphatic rings. The van der Waals surface area contributed by atoms with Gasteiger partial charge in [-0.1, -0.05) is 25.9 Å². The Hall–Kier alpha value is -1.59. The number of hydrogen-bond donors (Lipinski definition) is 1. The van der Waals surface area contributed by atoms with E-state index in [4.69, 9.17) is 9.47 Å². The van der Waals surface area contributed by atoms with Crippen molar-refractivity contribution in [2.75, 3.05) is 7.11 Å².